The molecule has 8 heteroatoms. The highest BCUT2D eigenvalue weighted by atomic mass is 79.9. The first-order chi connectivity index (χ1) is 13.5. The van der Waals surface area contributed by atoms with E-state index in [1.54, 1.807) is 60.7 Å². The summed E-state index contributed by atoms with van der Waals surface area (Å²) in [5, 5.41) is 4.08. The lowest BCUT2D eigenvalue weighted by Crippen LogP contribution is -2.35. The van der Waals surface area contributed by atoms with Gasteiger partial charge in [-0.25, -0.2) is 5.01 Å². The van der Waals surface area contributed by atoms with Gasteiger partial charge in [-0.1, -0.05) is 28.1 Å². The van der Waals surface area contributed by atoms with Crippen LogP contribution < -0.4 is 10.4 Å². The van der Waals surface area contributed by atoms with Crippen molar-refractivity contribution in [2.45, 2.75) is 0 Å². The number of anilines is 1. The fourth-order valence-corrected chi connectivity index (χ4v) is 3.04. The molecule has 1 saturated heterocycles. The van der Waals surface area contributed by atoms with Gasteiger partial charge in [0.1, 0.15) is 22.8 Å². The molecule has 3 aromatic rings. The predicted molar refractivity (Wildman–Crippen MR) is 107 cm³/mol. The molecule has 0 atom stereocenters. The second-order valence-corrected chi connectivity index (χ2v) is 6.88. The molecule has 0 spiro atoms. The van der Waals surface area contributed by atoms with Gasteiger partial charge in [0.25, 0.3) is 11.8 Å². The zero-order chi connectivity index (χ0) is 19.7. The summed E-state index contributed by atoms with van der Waals surface area (Å²) in [7, 11) is 0. The zero-order valence-electron chi connectivity index (χ0n) is 14.3. The maximum Gasteiger partial charge on any atom is 0.282 e. The Kier molecular flexibility index (Phi) is 4.62. The highest BCUT2D eigenvalue weighted by molar-refractivity contribution is 9.10. The Morgan fingerprint density at radius 2 is 1.82 bits per heavy atom. The van der Waals surface area contributed by atoms with Gasteiger partial charge in [0, 0.05) is 10.0 Å². The second kappa shape index (κ2) is 7.24. The molecule has 1 N–H and O–H groups in total. The molecule has 7 nitrogen and oxygen atoms in total. The molecule has 1 fully saturated rings. The van der Waals surface area contributed by atoms with Crippen LogP contribution in [0.15, 0.2) is 80.3 Å². The predicted octanol–water partition coefficient (Wildman–Crippen LogP) is 4.57. The number of amides is 2. The van der Waals surface area contributed by atoms with Crippen LogP contribution in [0.2, 0.25) is 0 Å². The van der Waals surface area contributed by atoms with E-state index in [0.717, 1.165) is 4.47 Å². The smallest absolute Gasteiger partial charge is 0.282 e. The Labute approximate surface area is 167 Å². The molecular weight excluding hydrogens is 426 g/mol. The van der Waals surface area contributed by atoms with Gasteiger partial charge in [0.2, 0.25) is 0 Å². The quantitative estimate of drug-likeness (QED) is 0.367. The van der Waals surface area contributed by atoms with Gasteiger partial charge in [0.15, 0.2) is 0 Å². The number of nitrogens with one attached hydrogen (secondary N) is 1. The van der Waals surface area contributed by atoms with Gasteiger partial charge in [-0.05, 0) is 59.8 Å². The van der Waals surface area contributed by atoms with E-state index in [1.165, 1.54) is 11.1 Å². The monoisotopic (exact) mass is 437 g/mol. The van der Waals surface area contributed by atoms with Gasteiger partial charge in [-0.3, -0.25) is 15.0 Å². The van der Waals surface area contributed by atoms with Crippen molar-refractivity contribution in [2.24, 2.45) is 5.18 Å². The third-order valence-corrected chi connectivity index (χ3v) is 4.65. The van der Waals surface area contributed by atoms with Crippen LogP contribution in [0.25, 0.3) is 17.4 Å². The molecule has 1 aliphatic rings. The number of hydrogen-bond acceptors (Lipinski definition) is 5. The molecule has 28 heavy (non-hydrogen) atoms. The number of nitrogens with zero attached hydrogens (tertiary/aromatic N) is 2. The Morgan fingerprint density at radius 3 is 2.57 bits per heavy atom. The number of hydrazine groups is 1. The summed E-state index contributed by atoms with van der Waals surface area (Å²) in [6.45, 7) is 0. The Hall–Kier alpha value is -3.52. The normalized spacial score (nSPS) is 15.2. The number of nitroso groups, excluding NO2 is 1. The third-order valence-electron chi connectivity index (χ3n) is 4.13. The summed E-state index contributed by atoms with van der Waals surface area (Å²) >= 11 is 3.33. The van der Waals surface area contributed by atoms with E-state index in [1.807, 2.05) is 0 Å². The molecule has 2 heterocycles. The maximum absolute atomic E-state index is 12.6. The fraction of sp³-hybridized carbons (Fsp3) is 0. The summed E-state index contributed by atoms with van der Waals surface area (Å²) in [6.07, 6.45) is 1.39. The summed E-state index contributed by atoms with van der Waals surface area (Å²) in [4.78, 5) is 35.6. The summed E-state index contributed by atoms with van der Waals surface area (Å²) in [5.74, 6) is -0.154. The van der Waals surface area contributed by atoms with Crippen LogP contribution in [-0.4, -0.2) is 11.8 Å². The number of furan rings is 1. The Morgan fingerprint density at radius 1 is 1.04 bits per heavy atom. The molecule has 0 radical (unpaired) electrons. The highest BCUT2D eigenvalue weighted by Gasteiger charge is 2.34. The number of carbonyl (C=O) groups is 2. The second-order valence-electron chi connectivity index (χ2n) is 5.96. The van der Waals surface area contributed by atoms with Crippen LogP contribution in [0, 0.1) is 4.91 Å². The SMILES string of the molecule is O=Nc1cccc(-c2ccc(C=C3C(=O)NN(c4ccc(Br)cc4)C3=O)o2)c1. The molecule has 2 amide bonds. The zero-order valence-corrected chi connectivity index (χ0v) is 15.8. The molecule has 138 valence electrons. The van der Waals surface area contributed by atoms with Gasteiger partial charge in [0.05, 0.1) is 5.69 Å². The van der Waals surface area contributed by atoms with Crippen molar-refractivity contribution >= 4 is 45.2 Å². The van der Waals surface area contributed by atoms with E-state index in [2.05, 4.69) is 26.5 Å². The van der Waals surface area contributed by atoms with Gasteiger partial charge < -0.3 is 4.42 Å². The van der Waals surface area contributed by atoms with Crippen LogP contribution in [0.3, 0.4) is 0 Å². The van der Waals surface area contributed by atoms with Gasteiger partial charge >= 0.3 is 0 Å². The number of hydrogen-bond donors (Lipinski definition) is 1. The Bertz CT molecular complexity index is 1120. The van der Waals surface area contributed by atoms with Crippen molar-refractivity contribution in [1.82, 2.24) is 5.43 Å². The van der Waals surface area contributed by atoms with Crippen LogP contribution >= 0.6 is 15.9 Å². The average Bonchev–Trinajstić information content (AvgIpc) is 3.29. The van der Waals surface area contributed by atoms with Crippen LogP contribution in [0.5, 0.6) is 0 Å². The summed E-state index contributed by atoms with van der Waals surface area (Å²) in [6, 6.07) is 17.0. The molecule has 1 aliphatic heterocycles. The minimum atomic E-state index is -0.516. The van der Waals surface area contributed by atoms with E-state index >= 15 is 0 Å². The lowest BCUT2D eigenvalue weighted by atomic mass is 10.1. The van der Waals surface area contributed by atoms with E-state index in [-0.39, 0.29) is 11.3 Å². The van der Waals surface area contributed by atoms with Gasteiger partial charge in [-0.2, -0.15) is 0 Å². The molecule has 0 bridgehead atoms. The largest absolute Gasteiger partial charge is 0.457 e. The first-order valence-corrected chi connectivity index (χ1v) is 9.01. The third kappa shape index (κ3) is 3.37. The lowest BCUT2D eigenvalue weighted by Gasteiger charge is -2.14. The first-order valence-electron chi connectivity index (χ1n) is 8.21. The summed E-state index contributed by atoms with van der Waals surface area (Å²) in [5.41, 5.74) is 3.99. The number of halogens is 1. The molecule has 0 saturated carbocycles. The fourth-order valence-electron chi connectivity index (χ4n) is 2.77. The minimum Gasteiger partial charge on any atom is -0.457 e. The minimum absolute atomic E-state index is 0.0351. The lowest BCUT2D eigenvalue weighted by molar-refractivity contribution is -0.117. The highest BCUT2D eigenvalue weighted by Crippen LogP contribution is 2.28. The topological polar surface area (TPSA) is 92.0 Å². The molecular formula is C20H12BrN3O4. The first kappa shape index (κ1) is 17.9. The standard InChI is InChI=1S/C20H12BrN3O4/c21-13-4-6-15(7-5-13)24-20(26)17(19(25)22-24)11-16-8-9-18(28-16)12-2-1-3-14(10-12)23-27/h1-11H,(H,22,25). The maximum atomic E-state index is 12.6. The van der Waals surface area contributed by atoms with E-state index in [0.29, 0.717) is 22.8 Å². The van der Waals surface area contributed by atoms with Gasteiger partial charge in [-0.15, -0.1) is 4.91 Å². The number of carbonyl (C=O) groups excluding carboxylic acids is 2. The average molecular weight is 438 g/mol. The van der Waals surface area contributed by atoms with Crippen molar-refractivity contribution in [1.29, 1.82) is 0 Å². The van der Waals surface area contributed by atoms with Crippen molar-refractivity contribution in [3.8, 4) is 11.3 Å². The molecule has 1 aromatic heterocycles. The van der Waals surface area contributed by atoms with E-state index < -0.39 is 11.8 Å². The van der Waals surface area contributed by atoms with Crippen LogP contribution in [-0.2, 0) is 9.59 Å². The molecule has 0 aliphatic carbocycles. The van der Waals surface area contributed by atoms with Crippen molar-refractivity contribution in [3.63, 3.8) is 0 Å². The van der Waals surface area contributed by atoms with Crippen LogP contribution in [0.4, 0.5) is 11.4 Å². The Balaban J connectivity index is 1.61. The van der Waals surface area contributed by atoms with E-state index in [9.17, 15) is 14.5 Å². The van der Waals surface area contributed by atoms with Crippen molar-refractivity contribution < 1.29 is 14.0 Å². The molecule has 4 rings (SSSR count). The van der Waals surface area contributed by atoms with Crippen molar-refractivity contribution in [2.75, 3.05) is 5.01 Å². The molecule has 2 aromatic carbocycles. The number of benzene rings is 2. The summed E-state index contributed by atoms with van der Waals surface area (Å²) < 4.78 is 6.57. The van der Waals surface area contributed by atoms with E-state index in [4.69, 9.17) is 4.42 Å². The van der Waals surface area contributed by atoms with Crippen LogP contribution in [0.1, 0.15) is 5.76 Å². The molecule has 0 unspecified atom stereocenters. The van der Waals surface area contributed by atoms with Crippen molar-refractivity contribution in [3.05, 3.63) is 81.4 Å². The number of rotatable bonds is 4.